The zero-order chi connectivity index (χ0) is 26.6. The van der Waals surface area contributed by atoms with Gasteiger partial charge in [-0.15, -0.1) is 5.10 Å². The minimum atomic E-state index is -0.450. The maximum Gasteiger partial charge on any atom is 0.336 e. The maximum absolute atomic E-state index is 12.2. The molecule has 5 aromatic rings. The van der Waals surface area contributed by atoms with Gasteiger partial charge in [-0.05, 0) is 49.2 Å². The number of nitrogens with zero attached hydrogens (tertiary/aromatic N) is 4. The van der Waals surface area contributed by atoms with E-state index in [9.17, 15) is 14.7 Å². The molecule has 0 aliphatic heterocycles. The van der Waals surface area contributed by atoms with Gasteiger partial charge in [0.05, 0.1) is 17.6 Å². The van der Waals surface area contributed by atoms with E-state index in [1.807, 2.05) is 49.5 Å². The third-order valence-electron chi connectivity index (χ3n) is 6.25. The van der Waals surface area contributed by atoms with E-state index in [0.717, 1.165) is 22.2 Å². The number of hydrogen-bond acceptors (Lipinski definition) is 8. The average Bonchev–Trinajstić information content (AvgIpc) is 3.38. The van der Waals surface area contributed by atoms with Gasteiger partial charge in [0.25, 0.3) is 0 Å². The molecule has 0 amide bonds. The molecule has 2 N–H and O–H groups in total. The van der Waals surface area contributed by atoms with Crippen molar-refractivity contribution in [2.75, 3.05) is 6.54 Å². The number of aromatic nitrogens is 4. The Hall–Kier alpha value is -4.70. The number of aryl methyl sites for hydroxylation is 1. The fourth-order valence-corrected chi connectivity index (χ4v) is 4.19. The zero-order valence-electron chi connectivity index (χ0n) is 21.0. The first kappa shape index (κ1) is 25.0. The summed E-state index contributed by atoms with van der Waals surface area (Å²) < 4.78 is 14.8. The highest BCUT2D eigenvalue weighted by atomic mass is 16.5. The number of aromatic hydroxyl groups is 1. The number of rotatable bonds is 9. The van der Waals surface area contributed by atoms with Gasteiger partial charge in [-0.1, -0.05) is 17.3 Å². The van der Waals surface area contributed by atoms with Crippen molar-refractivity contribution in [2.45, 2.75) is 33.5 Å². The molecule has 194 valence electrons. The van der Waals surface area contributed by atoms with Gasteiger partial charge in [-0.3, -0.25) is 4.79 Å². The Balaban J connectivity index is 1.23. The molecule has 0 radical (unpaired) electrons. The summed E-state index contributed by atoms with van der Waals surface area (Å²) in [6.45, 7) is 5.48. The Morgan fingerprint density at radius 2 is 1.95 bits per heavy atom. The van der Waals surface area contributed by atoms with Crippen molar-refractivity contribution in [3.8, 4) is 17.2 Å². The first-order valence-electron chi connectivity index (χ1n) is 12.1. The van der Waals surface area contributed by atoms with E-state index < -0.39 is 11.1 Å². The van der Waals surface area contributed by atoms with Crippen LogP contribution in [0.15, 0.2) is 81.0 Å². The van der Waals surface area contributed by atoms with Crippen molar-refractivity contribution >= 4 is 11.0 Å². The summed E-state index contributed by atoms with van der Waals surface area (Å²) in [6, 6.07) is 16.1. The second-order valence-corrected chi connectivity index (χ2v) is 9.01. The van der Waals surface area contributed by atoms with Crippen molar-refractivity contribution < 1.29 is 14.3 Å². The molecule has 0 spiro atoms. The Morgan fingerprint density at radius 3 is 2.79 bits per heavy atom. The third kappa shape index (κ3) is 5.50. The van der Waals surface area contributed by atoms with Gasteiger partial charge in [-0.2, -0.15) is 0 Å². The van der Waals surface area contributed by atoms with Crippen LogP contribution in [-0.2, 0) is 19.7 Å². The first-order chi connectivity index (χ1) is 18.4. The number of pyridine rings is 1. The van der Waals surface area contributed by atoms with Crippen LogP contribution >= 0.6 is 0 Å². The molecule has 0 aliphatic carbocycles. The summed E-state index contributed by atoms with van der Waals surface area (Å²) in [4.78, 5) is 23.7. The monoisotopic (exact) mass is 513 g/mol. The molecule has 0 aliphatic rings. The summed E-state index contributed by atoms with van der Waals surface area (Å²) in [5, 5.41) is 22.3. The van der Waals surface area contributed by atoms with Gasteiger partial charge in [0.1, 0.15) is 23.6 Å². The van der Waals surface area contributed by atoms with E-state index in [4.69, 9.17) is 9.15 Å². The Morgan fingerprint density at radius 1 is 1.08 bits per heavy atom. The Labute approximate surface area is 217 Å². The first-order valence-corrected chi connectivity index (χ1v) is 12.1. The van der Waals surface area contributed by atoms with Crippen LogP contribution in [0.5, 0.6) is 11.5 Å². The second-order valence-electron chi connectivity index (χ2n) is 9.01. The molecule has 3 heterocycles. The molecule has 0 fully saturated rings. The fraction of sp³-hybridized carbons (Fsp3) is 0.214. The molecule has 10 heteroatoms. The maximum atomic E-state index is 12.2. The lowest BCUT2D eigenvalue weighted by Gasteiger charge is -2.13. The standard InChI is InChI=1S/C28H27N5O5/c1-18-4-3-5-22(12-18)33-16-21(30-31-33)17-37-23-6-7-24-20(13-27(35)38-26(24)14-23)15-29-9-11-32-10-8-25(34)28(36)19(32)2/h3-8,10,12-14,16,29,36H,9,11,15,17H2,1-2H3. The largest absolute Gasteiger partial charge is 0.503 e. The van der Waals surface area contributed by atoms with E-state index >= 15 is 0 Å². The van der Waals surface area contributed by atoms with Crippen molar-refractivity contribution in [3.63, 3.8) is 0 Å². The fourth-order valence-electron chi connectivity index (χ4n) is 4.19. The molecule has 0 unspecified atom stereocenters. The second kappa shape index (κ2) is 10.7. The van der Waals surface area contributed by atoms with Crippen LogP contribution in [0, 0.1) is 13.8 Å². The molecule has 0 saturated heterocycles. The molecule has 0 saturated carbocycles. The minimum Gasteiger partial charge on any atom is -0.503 e. The van der Waals surface area contributed by atoms with Crippen molar-refractivity contribution in [1.82, 2.24) is 24.9 Å². The average molecular weight is 514 g/mol. The van der Waals surface area contributed by atoms with Crippen LogP contribution in [0.2, 0.25) is 0 Å². The highest BCUT2D eigenvalue weighted by Crippen LogP contribution is 2.23. The molecular formula is C28H27N5O5. The van der Waals surface area contributed by atoms with Crippen molar-refractivity contribution in [2.24, 2.45) is 0 Å². The molecule has 0 atom stereocenters. The lowest BCUT2D eigenvalue weighted by Crippen LogP contribution is -2.22. The quantitative estimate of drug-likeness (QED) is 0.227. The van der Waals surface area contributed by atoms with Gasteiger partial charge in [0.2, 0.25) is 5.43 Å². The number of nitrogens with one attached hydrogen (secondary N) is 1. The lowest BCUT2D eigenvalue weighted by atomic mass is 10.1. The van der Waals surface area contributed by atoms with E-state index in [-0.39, 0.29) is 12.4 Å². The topological polar surface area (TPSA) is 124 Å². The van der Waals surface area contributed by atoms with E-state index in [2.05, 4.69) is 15.6 Å². The van der Waals surface area contributed by atoms with Gasteiger partial charge in [-0.25, -0.2) is 9.48 Å². The van der Waals surface area contributed by atoms with E-state index in [1.165, 1.54) is 12.1 Å². The predicted molar refractivity (Wildman–Crippen MR) is 142 cm³/mol. The van der Waals surface area contributed by atoms with Crippen molar-refractivity contribution in [1.29, 1.82) is 0 Å². The lowest BCUT2D eigenvalue weighted by molar-refractivity contribution is 0.301. The van der Waals surface area contributed by atoms with Gasteiger partial charge in [0.15, 0.2) is 5.75 Å². The molecule has 5 rings (SSSR count). The molecule has 0 bridgehead atoms. The summed E-state index contributed by atoms with van der Waals surface area (Å²) in [6.07, 6.45) is 3.46. The molecule has 2 aromatic carbocycles. The van der Waals surface area contributed by atoms with Crippen LogP contribution < -0.4 is 21.1 Å². The van der Waals surface area contributed by atoms with E-state index in [1.54, 1.807) is 28.4 Å². The smallest absolute Gasteiger partial charge is 0.336 e. The van der Waals surface area contributed by atoms with Gasteiger partial charge >= 0.3 is 5.63 Å². The van der Waals surface area contributed by atoms with Crippen LogP contribution in [0.1, 0.15) is 22.5 Å². The normalized spacial score (nSPS) is 11.2. The zero-order valence-corrected chi connectivity index (χ0v) is 21.0. The van der Waals surface area contributed by atoms with Crippen LogP contribution in [0.4, 0.5) is 0 Å². The number of ether oxygens (including phenoxy) is 1. The van der Waals surface area contributed by atoms with Crippen molar-refractivity contribution in [3.05, 3.63) is 110 Å². The third-order valence-corrected chi connectivity index (χ3v) is 6.25. The SMILES string of the molecule is Cc1cccc(-n2cc(COc3ccc4c(CNCCn5ccc(=O)c(O)c5C)cc(=O)oc4c3)nn2)c1. The molecule has 3 aromatic heterocycles. The highest BCUT2D eigenvalue weighted by molar-refractivity contribution is 5.81. The molecule has 10 nitrogen and oxygen atoms in total. The van der Waals surface area contributed by atoms with E-state index in [0.29, 0.717) is 42.4 Å². The molecule has 38 heavy (non-hydrogen) atoms. The summed E-state index contributed by atoms with van der Waals surface area (Å²) in [5.74, 6) is 0.303. The summed E-state index contributed by atoms with van der Waals surface area (Å²) >= 11 is 0. The van der Waals surface area contributed by atoms with Gasteiger partial charge in [0, 0.05) is 49.4 Å². The highest BCUT2D eigenvalue weighted by Gasteiger charge is 2.10. The predicted octanol–water partition coefficient (Wildman–Crippen LogP) is 3.23. The van der Waals surface area contributed by atoms with Crippen LogP contribution in [-0.4, -0.2) is 31.2 Å². The van der Waals surface area contributed by atoms with Gasteiger partial charge < -0.3 is 24.1 Å². The Kier molecular flexibility index (Phi) is 7.05. The summed E-state index contributed by atoms with van der Waals surface area (Å²) in [7, 11) is 0. The minimum absolute atomic E-state index is 0.211. The van der Waals surface area contributed by atoms with Crippen LogP contribution in [0.3, 0.4) is 0 Å². The number of fused-ring (bicyclic) bond motifs is 1. The van der Waals surface area contributed by atoms with Crippen LogP contribution in [0.25, 0.3) is 16.7 Å². The molecular weight excluding hydrogens is 486 g/mol. The summed E-state index contributed by atoms with van der Waals surface area (Å²) in [5.41, 5.74) is 3.60. The Bertz CT molecular complexity index is 1720. The number of benzene rings is 2. The number of hydrogen-bond donors (Lipinski definition) is 2.